The van der Waals surface area contributed by atoms with Crippen LogP contribution in [-0.4, -0.2) is 17.7 Å². The van der Waals surface area contributed by atoms with E-state index < -0.39 is 5.97 Å². The minimum Gasteiger partial charge on any atom is -0.493 e. The van der Waals surface area contributed by atoms with Gasteiger partial charge in [-0.2, -0.15) is 0 Å². The summed E-state index contributed by atoms with van der Waals surface area (Å²) >= 11 is 0. The quantitative estimate of drug-likeness (QED) is 0.594. The predicted octanol–water partition coefficient (Wildman–Crippen LogP) is 2.40. The van der Waals surface area contributed by atoms with Crippen molar-refractivity contribution in [1.29, 1.82) is 0 Å². The molecule has 0 amide bonds. The standard InChI is InChI=1S/C12H14O3/c1-10-5-4-6-11(9-10)15-8-3-2-7-12(13)14/h2,4-7,9H,3,8H2,1H3,(H,13,14)/b7-2+. The van der Waals surface area contributed by atoms with E-state index in [4.69, 9.17) is 9.84 Å². The van der Waals surface area contributed by atoms with E-state index in [0.717, 1.165) is 17.4 Å². The highest BCUT2D eigenvalue weighted by Crippen LogP contribution is 2.12. The van der Waals surface area contributed by atoms with Crippen molar-refractivity contribution in [2.45, 2.75) is 13.3 Å². The number of ether oxygens (including phenoxy) is 1. The van der Waals surface area contributed by atoms with Gasteiger partial charge in [-0.3, -0.25) is 0 Å². The lowest BCUT2D eigenvalue weighted by Gasteiger charge is -2.04. The summed E-state index contributed by atoms with van der Waals surface area (Å²) in [6.45, 7) is 2.49. The summed E-state index contributed by atoms with van der Waals surface area (Å²) in [4.78, 5) is 10.1. The molecule has 0 spiro atoms. The SMILES string of the molecule is Cc1cccc(OCC/C=C/C(=O)O)c1. The third kappa shape index (κ3) is 4.86. The maximum absolute atomic E-state index is 10.1. The Hall–Kier alpha value is -1.77. The van der Waals surface area contributed by atoms with E-state index in [1.807, 2.05) is 31.2 Å². The fraction of sp³-hybridized carbons (Fsp3) is 0.250. The highest BCUT2D eigenvalue weighted by Gasteiger charge is 1.92. The summed E-state index contributed by atoms with van der Waals surface area (Å²) in [5.41, 5.74) is 1.15. The summed E-state index contributed by atoms with van der Waals surface area (Å²) in [6, 6.07) is 7.75. The number of hydrogen-bond acceptors (Lipinski definition) is 2. The van der Waals surface area contributed by atoms with Crippen molar-refractivity contribution in [2.24, 2.45) is 0 Å². The predicted molar refractivity (Wildman–Crippen MR) is 58.1 cm³/mol. The molecule has 0 bridgehead atoms. The van der Waals surface area contributed by atoms with Gasteiger partial charge < -0.3 is 9.84 Å². The van der Waals surface area contributed by atoms with Crippen LogP contribution in [0.4, 0.5) is 0 Å². The van der Waals surface area contributed by atoms with E-state index in [-0.39, 0.29) is 0 Å². The minimum atomic E-state index is -0.925. The molecule has 0 unspecified atom stereocenters. The molecule has 1 aromatic carbocycles. The van der Waals surface area contributed by atoms with Crippen LogP contribution in [0.25, 0.3) is 0 Å². The van der Waals surface area contributed by atoms with Crippen molar-refractivity contribution in [3.63, 3.8) is 0 Å². The Balaban J connectivity index is 2.29. The Morgan fingerprint density at radius 2 is 2.33 bits per heavy atom. The third-order valence-electron chi connectivity index (χ3n) is 1.80. The first-order valence-electron chi connectivity index (χ1n) is 4.77. The van der Waals surface area contributed by atoms with Crippen molar-refractivity contribution >= 4 is 5.97 Å². The summed E-state index contributed by atoms with van der Waals surface area (Å²) in [6.07, 6.45) is 3.30. The molecule has 0 aliphatic rings. The van der Waals surface area contributed by atoms with Crippen LogP contribution in [0.15, 0.2) is 36.4 Å². The van der Waals surface area contributed by atoms with Gasteiger partial charge in [0.25, 0.3) is 0 Å². The van der Waals surface area contributed by atoms with Crippen LogP contribution in [0.1, 0.15) is 12.0 Å². The number of hydrogen-bond donors (Lipinski definition) is 1. The van der Waals surface area contributed by atoms with Crippen LogP contribution in [-0.2, 0) is 4.79 Å². The molecular formula is C12H14O3. The van der Waals surface area contributed by atoms with Gasteiger partial charge in [-0.1, -0.05) is 18.2 Å². The molecule has 0 heterocycles. The Kier molecular flexibility index (Phi) is 4.41. The second-order valence-corrected chi connectivity index (χ2v) is 3.19. The Morgan fingerprint density at radius 3 is 3.00 bits per heavy atom. The van der Waals surface area contributed by atoms with Gasteiger partial charge in [0.05, 0.1) is 6.61 Å². The van der Waals surface area contributed by atoms with Gasteiger partial charge in [0, 0.05) is 6.08 Å². The molecule has 80 valence electrons. The molecule has 1 N–H and O–H groups in total. The Morgan fingerprint density at radius 1 is 1.53 bits per heavy atom. The van der Waals surface area contributed by atoms with Crippen molar-refractivity contribution in [1.82, 2.24) is 0 Å². The number of benzene rings is 1. The van der Waals surface area contributed by atoms with Gasteiger partial charge in [-0.15, -0.1) is 0 Å². The van der Waals surface area contributed by atoms with E-state index in [2.05, 4.69) is 0 Å². The average molecular weight is 206 g/mol. The lowest BCUT2D eigenvalue weighted by atomic mass is 10.2. The van der Waals surface area contributed by atoms with E-state index in [9.17, 15) is 4.79 Å². The minimum absolute atomic E-state index is 0.493. The first-order chi connectivity index (χ1) is 7.18. The van der Waals surface area contributed by atoms with Gasteiger partial charge in [0.2, 0.25) is 0 Å². The van der Waals surface area contributed by atoms with Gasteiger partial charge >= 0.3 is 5.97 Å². The molecular weight excluding hydrogens is 192 g/mol. The fourth-order valence-electron chi connectivity index (χ4n) is 1.13. The largest absolute Gasteiger partial charge is 0.493 e. The van der Waals surface area contributed by atoms with Crippen molar-refractivity contribution in [3.8, 4) is 5.75 Å². The second kappa shape index (κ2) is 5.86. The number of carboxylic acid groups (broad SMARTS) is 1. The molecule has 3 heteroatoms. The maximum Gasteiger partial charge on any atom is 0.327 e. The van der Waals surface area contributed by atoms with Crippen LogP contribution < -0.4 is 4.74 Å². The fourth-order valence-corrected chi connectivity index (χ4v) is 1.13. The van der Waals surface area contributed by atoms with Gasteiger partial charge in [-0.25, -0.2) is 4.79 Å². The third-order valence-corrected chi connectivity index (χ3v) is 1.80. The van der Waals surface area contributed by atoms with Crippen molar-refractivity contribution in [2.75, 3.05) is 6.61 Å². The summed E-state index contributed by atoms with van der Waals surface area (Å²) in [7, 11) is 0. The zero-order chi connectivity index (χ0) is 11.1. The van der Waals surface area contributed by atoms with Crippen LogP contribution in [0.5, 0.6) is 5.75 Å². The second-order valence-electron chi connectivity index (χ2n) is 3.19. The number of aryl methyl sites for hydroxylation is 1. The Bertz CT molecular complexity index is 356. The highest BCUT2D eigenvalue weighted by atomic mass is 16.5. The van der Waals surface area contributed by atoms with Gasteiger partial charge in [0.1, 0.15) is 5.75 Å². The maximum atomic E-state index is 10.1. The zero-order valence-electron chi connectivity index (χ0n) is 8.64. The van der Waals surface area contributed by atoms with E-state index in [0.29, 0.717) is 13.0 Å². The van der Waals surface area contributed by atoms with E-state index >= 15 is 0 Å². The van der Waals surface area contributed by atoms with Crippen LogP contribution in [0.3, 0.4) is 0 Å². The van der Waals surface area contributed by atoms with Gasteiger partial charge in [-0.05, 0) is 31.0 Å². The molecule has 0 fully saturated rings. The van der Waals surface area contributed by atoms with Crippen molar-refractivity contribution < 1.29 is 14.6 Å². The molecule has 3 nitrogen and oxygen atoms in total. The number of rotatable bonds is 5. The summed E-state index contributed by atoms with van der Waals surface area (Å²) in [5.74, 6) is -0.107. The topological polar surface area (TPSA) is 46.5 Å². The monoisotopic (exact) mass is 206 g/mol. The van der Waals surface area contributed by atoms with Crippen LogP contribution in [0.2, 0.25) is 0 Å². The Labute approximate surface area is 89.0 Å². The molecule has 0 aliphatic carbocycles. The lowest BCUT2D eigenvalue weighted by Crippen LogP contribution is -1.96. The van der Waals surface area contributed by atoms with Crippen LogP contribution in [0, 0.1) is 6.92 Å². The molecule has 0 saturated heterocycles. The average Bonchev–Trinajstić information content (AvgIpc) is 2.17. The molecule has 0 aromatic heterocycles. The summed E-state index contributed by atoms with van der Waals surface area (Å²) < 4.78 is 5.42. The molecule has 1 aromatic rings. The van der Waals surface area contributed by atoms with Crippen molar-refractivity contribution in [3.05, 3.63) is 42.0 Å². The molecule has 15 heavy (non-hydrogen) atoms. The lowest BCUT2D eigenvalue weighted by molar-refractivity contribution is -0.131. The normalized spacial score (nSPS) is 10.5. The number of carbonyl (C=O) groups is 1. The molecule has 0 atom stereocenters. The van der Waals surface area contributed by atoms with E-state index in [1.54, 1.807) is 6.08 Å². The zero-order valence-corrected chi connectivity index (χ0v) is 8.64. The molecule has 0 saturated carbocycles. The molecule has 0 aliphatic heterocycles. The number of aliphatic carboxylic acids is 1. The first kappa shape index (κ1) is 11.3. The molecule has 0 radical (unpaired) electrons. The number of carboxylic acids is 1. The first-order valence-corrected chi connectivity index (χ1v) is 4.77. The highest BCUT2D eigenvalue weighted by molar-refractivity contribution is 5.79. The van der Waals surface area contributed by atoms with Crippen LogP contribution >= 0.6 is 0 Å². The summed E-state index contributed by atoms with van der Waals surface area (Å²) in [5, 5.41) is 8.34. The smallest absolute Gasteiger partial charge is 0.327 e. The molecule has 1 rings (SSSR count). The van der Waals surface area contributed by atoms with Gasteiger partial charge in [0.15, 0.2) is 0 Å². The van der Waals surface area contributed by atoms with E-state index in [1.165, 1.54) is 0 Å².